The molecule has 0 aromatic carbocycles. The Morgan fingerprint density at radius 3 is 2.11 bits per heavy atom. The van der Waals surface area contributed by atoms with Crippen molar-refractivity contribution in [1.82, 2.24) is 15.0 Å². The van der Waals surface area contributed by atoms with Crippen molar-refractivity contribution in [3.8, 4) is 0 Å². The van der Waals surface area contributed by atoms with E-state index in [2.05, 4.69) is 27.2 Å². The van der Waals surface area contributed by atoms with Gasteiger partial charge in [-0.05, 0) is 18.0 Å². The van der Waals surface area contributed by atoms with Crippen molar-refractivity contribution in [3.63, 3.8) is 0 Å². The number of rotatable bonds is 16. The number of hydrogen-bond acceptors (Lipinski definition) is 7. The van der Waals surface area contributed by atoms with Gasteiger partial charge in [-0.1, -0.05) is 64.7 Å². The number of hydrogen-bond donors (Lipinski definition) is 2. The molecule has 0 aliphatic carbocycles. The maximum atomic E-state index is 10.9. The molecule has 0 amide bonds. The monoisotopic (exact) mass is 435 g/mol. The van der Waals surface area contributed by atoms with Gasteiger partial charge in [0.15, 0.2) is 0 Å². The molecule has 1 aromatic rings. The van der Waals surface area contributed by atoms with Crippen LogP contribution in [0.2, 0.25) is 5.28 Å². The van der Waals surface area contributed by atoms with Gasteiger partial charge < -0.3 is 10.2 Å². The van der Waals surface area contributed by atoms with Crippen molar-refractivity contribution >= 4 is 33.6 Å². The third-order valence-electron chi connectivity index (χ3n) is 4.44. The molecule has 0 unspecified atom stereocenters. The highest BCUT2D eigenvalue weighted by atomic mass is 35.5. The summed E-state index contributed by atoms with van der Waals surface area (Å²) in [7, 11) is -2.41. The summed E-state index contributed by atoms with van der Waals surface area (Å²) < 4.78 is 30.6. The van der Waals surface area contributed by atoms with Gasteiger partial charge in [0.2, 0.25) is 17.2 Å². The molecule has 0 bridgehead atoms. The summed E-state index contributed by atoms with van der Waals surface area (Å²) in [6, 6.07) is 0. The van der Waals surface area contributed by atoms with Crippen molar-refractivity contribution in [2.24, 2.45) is 0 Å². The molecule has 0 aliphatic rings. The third-order valence-corrected chi connectivity index (χ3v) is 5.30. The van der Waals surface area contributed by atoms with Crippen LogP contribution in [0.15, 0.2) is 0 Å². The van der Waals surface area contributed by atoms with Gasteiger partial charge in [-0.3, -0.25) is 4.55 Å². The Hall–Kier alpha value is -1.19. The topological polar surface area (TPSA) is 108 Å². The molecule has 1 heterocycles. The summed E-state index contributed by atoms with van der Waals surface area (Å²) in [6.07, 6.45) is 12.7. The predicted molar refractivity (Wildman–Crippen MR) is 115 cm³/mol. The van der Waals surface area contributed by atoms with Gasteiger partial charge in [-0.25, -0.2) is 0 Å². The highest BCUT2D eigenvalue weighted by Crippen LogP contribution is 2.14. The van der Waals surface area contributed by atoms with E-state index in [1.54, 1.807) is 7.05 Å². The number of nitrogens with one attached hydrogen (secondary N) is 1. The quantitative estimate of drug-likeness (QED) is 0.294. The van der Waals surface area contributed by atoms with Crippen LogP contribution in [-0.4, -0.2) is 53.8 Å². The maximum absolute atomic E-state index is 10.9. The fourth-order valence-electron chi connectivity index (χ4n) is 2.75. The molecule has 162 valence electrons. The summed E-state index contributed by atoms with van der Waals surface area (Å²) in [5, 5.41) is 3.17. The number of halogens is 1. The molecule has 0 saturated carbocycles. The zero-order chi connectivity index (χ0) is 20.8. The number of aromatic nitrogens is 3. The molecule has 0 spiro atoms. The lowest BCUT2D eigenvalue weighted by Gasteiger charge is -2.16. The zero-order valence-corrected chi connectivity index (χ0v) is 18.6. The first kappa shape index (κ1) is 24.8. The fourth-order valence-corrected chi connectivity index (χ4v) is 3.41. The lowest BCUT2D eigenvalue weighted by Crippen LogP contribution is -2.27. The van der Waals surface area contributed by atoms with Gasteiger partial charge in [0.25, 0.3) is 10.1 Å². The van der Waals surface area contributed by atoms with Crippen LogP contribution in [0.5, 0.6) is 0 Å². The van der Waals surface area contributed by atoms with Gasteiger partial charge in [0.05, 0.1) is 5.75 Å². The van der Waals surface area contributed by atoms with Crippen molar-refractivity contribution in [1.29, 1.82) is 0 Å². The summed E-state index contributed by atoms with van der Waals surface area (Å²) in [4.78, 5) is 13.8. The standard InChI is InChI=1S/C18H34ClN5O3S/c1-3-4-5-6-7-8-9-10-11-12-13-20-17-21-16(19)22-18(23-17)24(2)14-15-28(25,26)27/h3-15H2,1-2H3,(H,25,26,27)(H,20,21,22,23). The molecule has 8 nitrogen and oxygen atoms in total. The first-order valence-corrected chi connectivity index (χ1v) is 12.1. The van der Waals surface area contributed by atoms with Crippen LogP contribution in [0.1, 0.15) is 71.1 Å². The second-order valence-electron chi connectivity index (χ2n) is 7.04. The minimum absolute atomic E-state index is 0.0364. The lowest BCUT2D eigenvalue weighted by molar-refractivity contribution is 0.483. The summed E-state index contributed by atoms with van der Waals surface area (Å²) in [6.45, 7) is 3.03. The second-order valence-corrected chi connectivity index (χ2v) is 8.95. The van der Waals surface area contributed by atoms with Crippen LogP contribution in [0, 0.1) is 0 Å². The third kappa shape index (κ3) is 12.3. The van der Waals surface area contributed by atoms with Crippen molar-refractivity contribution in [2.75, 3.05) is 36.1 Å². The first-order chi connectivity index (χ1) is 13.3. The molecule has 10 heteroatoms. The second kappa shape index (κ2) is 13.9. The number of nitrogens with zero attached hydrogens (tertiary/aromatic N) is 4. The van der Waals surface area contributed by atoms with E-state index in [4.69, 9.17) is 16.2 Å². The van der Waals surface area contributed by atoms with Crippen molar-refractivity contribution in [3.05, 3.63) is 5.28 Å². The molecule has 0 radical (unpaired) electrons. The Labute approximate surface area is 174 Å². The summed E-state index contributed by atoms with van der Waals surface area (Å²) in [5.74, 6) is 0.215. The van der Waals surface area contributed by atoms with E-state index in [0.717, 1.165) is 19.4 Å². The minimum atomic E-state index is -4.04. The Kier molecular flexibility index (Phi) is 12.3. The average Bonchev–Trinajstić information content (AvgIpc) is 2.63. The van der Waals surface area contributed by atoms with Crippen LogP contribution in [0.25, 0.3) is 0 Å². The van der Waals surface area contributed by atoms with E-state index >= 15 is 0 Å². The van der Waals surface area contributed by atoms with E-state index in [-0.39, 0.29) is 17.8 Å². The van der Waals surface area contributed by atoms with Crippen molar-refractivity contribution in [2.45, 2.75) is 71.1 Å². The molecule has 0 aliphatic heterocycles. The Morgan fingerprint density at radius 1 is 0.964 bits per heavy atom. The molecular formula is C18H34ClN5O3S. The first-order valence-electron chi connectivity index (χ1n) is 10.1. The van der Waals surface area contributed by atoms with Crippen LogP contribution >= 0.6 is 11.6 Å². The molecule has 28 heavy (non-hydrogen) atoms. The van der Waals surface area contributed by atoms with Crippen molar-refractivity contribution < 1.29 is 13.0 Å². The lowest BCUT2D eigenvalue weighted by atomic mass is 10.1. The van der Waals surface area contributed by atoms with Crippen LogP contribution < -0.4 is 10.2 Å². The van der Waals surface area contributed by atoms with E-state index in [0.29, 0.717) is 5.95 Å². The highest BCUT2D eigenvalue weighted by Gasteiger charge is 2.12. The number of anilines is 2. The van der Waals surface area contributed by atoms with E-state index in [1.807, 2.05) is 0 Å². The smallest absolute Gasteiger partial charge is 0.266 e. The number of unbranched alkanes of at least 4 members (excludes halogenated alkanes) is 9. The zero-order valence-electron chi connectivity index (χ0n) is 17.0. The Morgan fingerprint density at radius 2 is 1.54 bits per heavy atom. The molecule has 0 fully saturated rings. The highest BCUT2D eigenvalue weighted by molar-refractivity contribution is 7.85. The van der Waals surface area contributed by atoms with Gasteiger partial charge in [-0.15, -0.1) is 0 Å². The van der Waals surface area contributed by atoms with Gasteiger partial charge >= 0.3 is 0 Å². The maximum Gasteiger partial charge on any atom is 0.266 e. The molecule has 1 rings (SSSR count). The van der Waals surface area contributed by atoms with Gasteiger partial charge in [0, 0.05) is 20.1 Å². The summed E-state index contributed by atoms with van der Waals surface area (Å²) in [5.41, 5.74) is 0. The molecule has 1 aromatic heterocycles. The van der Waals surface area contributed by atoms with Gasteiger partial charge in [0.1, 0.15) is 0 Å². The predicted octanol–water partition coefficient (Wildman–Crippen LogP) is 4.18. The largest absolute Gasteiger partial charge is 0.354 e. The Balaban J connectivity index is 2.25. The SMILES string of the molecule is CCCCCCCCCCCCNc1nc(Cl)nc(N(C)CCS(=O)(=O)O)n1. The van der Waals surface area contributed by atoms with Crippen LogP contribution in [0.3, 0.4) is 0 Å². The fraction of sp³-hybridized carbons (Fsp3) is 0.833. The molecule has 0 atom stereocenters. The Bertz CT molecular complexity index is 661. The van der Waals surface area contributed by atoms with E-state index < -0.39 is 15.9 Å². The average molecular weight is 436 g/mol. The molecule has 0 saturated heterocycles. The van der Waals surface area contributed by atoms with Crippen LogP contribution in [0.4, 0.5) is 11.9 Å². The van der Waals surface area contributed by atoms with E-state index in [9.17, 15) is 8.42 Å². The summed E-state index contributed by atoms with van der Waals surface area (Å²) >= 11 is 5.93. The normalized spacial score (nSPS) is 11.6. The molecule has 2 N–H and O–H groups in total. The van der Waals surface area contributed by atoms with E-state index in [1.165, 1.54) is 56.3 Å². The van der Waals surface area contributed by atoms with Gasteiger partial charge in [-0.2, -0.15) is 23.4 Å². The van der Waals surface area contributed by atoms with Crippen LogP contribution in [-0.2, 0) is 10.1 Å². The minimum Gasteiger partial charge on any atom is -0.354 e. The molecular weight excluding hydrogens is 402 g/mol.